The number of aromatic hydroxyl groups is 2. The van der Waals surface area contributed by atoms with E-state index in [2.05, 4.69) is 48.5 Å². The van der Waals surface area contributed by atoms with E-state index in [-0.39, 0.29) is 0 Å². The summed E-state index contributed by atoms with van der Waals surface area (Å²) in [6.45, 7) is 0. The molecule has 0 aliphatic carbocycles. The molecule has 0 heterocycles. The molecule has 2 N–H and O–H groups in total. The fraction of sp³-hybridized carbons (Fsp3) is 0.111. The number of aryl methyl sites for hydroxylation is 2. The van der Waals surface area contributed by atoms with Gasteiger partial charge in [-0.15, -0.1) is 0 Å². The van der Waals surface area contributed by atoms with Crippen LogP contribution >= 0.6 is 0 Å². The summed E-state index contributed by atoms with van der Waals surface area (Å²) in [5.41, 5.74) is 7.24. The molecule has 0 aliphatic rings. The highest BCUT2D eigenvalue weighted by Crippen LogP contribution is 2.24. The van der Waals surface area contributed by atoms with Crippen molar-refractivity contribution in [2.45, 2.75) is 19.3 Å². The SMILES string of the molecule is Oc1ccc(-c2ccc(CCCc3ccc(-c4ccc(O)cc4)cc3)cc2)cc1. The normalized spacial score (nSPS) is 10.8. The first kappa shape index (κ1) is 18.8. The number of hydrogen-bond acceptors (Lipinski definition) is 2. The molecule has 0 bridgehead atoms. The molecule has 2 heteroatoms. The van der Waals surface area contributed by atoms with Crippen LogP contribution in [0.2, 0.25) is 0 Å². The first-order valence-corrected chi connectivity index (χ1v) is 9.94. The topological polar surface area (TPSA) is 40.5 Å². The fourth-order valence-electron chi connectivity index (χ4n) is 3.53. The third-order valence-corrected chi connectivity index (χ3v) is 5.24. The van der Waals surface area contributed by atoms with Crippen LogP contribution < -0.4 is 0 Å². The van der Waals surface area contributed by atoms with Gasteiger partial charge in [0, 0.05) is 0 Å². The Morgan fingerprint density at radius 3 is 0.966 bits per heavy atom. The third kappa shape index (κ3) is 4.85. The van der Waals surface area contributed by atoms with Crippen LogP contribution in [-0.4, -0.2) is 10.2 Å². The van der Waals surface area contributed by atoms with E-state index < -0.39 is 0 Å². The summed E-state index contributed by atoms with van der Waals surface area (Å²) in [5.74, 6) is 0.586. The Morgan fingerprint density at radius 1 is 0.379 bits per heavy atom. The first-order chi connectivity index (χ1) is 14.2. The third-order valence-electron chi connectivity index (χ3n) is 5.24. The largest absolute Gasteiger partial charge is 0.508 e. The van der Waals surface area contributed by atoms with Crippen molar-refractivity contribution in [1.82, 2.24) is 0 Å². The molecular formula is C27H24O2. The van der Waals surface area contributed by atoms with Gasteiger partial charge in [0.1, 0.15) is 11.5 Å². The van der Waals surface area contributed by atoms with E-state index in [0.29, 0.717) is 11.5 Å². The van der Waals surface area contributed by atoms with Crippen molar-refractivity contribution in [3.8, 4) is 33.8 Å². The van der Waals surface area contributed by atoms with Crippen molar-refractivity contribution in [2.75, 3.05) is 0 Å². The van der Waals surface area contributed by atoms with E-state index in [0.717, 1.165) is 30.4 Å². The van der Waals surface area contributed by atoms with Gasteiger partial charge >= 0.3 is 0 Å². The van der Waals surface area contributed by atoms with Crippen molar-refractivity contribution in [3.63, 3.8) is 0 Å². The van der Waals surface area contributed by atoms with Crippen LogP contribution in [0.3, 0.4) is 0 Å². The second-order valence-electron chi connectivity index (χ2n) is 7.34. The van der Waals surface area contributed by atoms with Crippen LogP contribution in [-0.2, 0) is 12.8 Å². The molecule has 0 saturated carbocycles. The molecule has 0 spiro atoms. The molecule has 0 saturated heterocycles. The summed E-state index contributed by atoms with van der Waals surface area (Å²) in [7, 11) is 0. The molecule has 0 aliphatic heterocycles. The van der Waals surface area contributed by atoms with Gasteiger partial charge < -0.3 is 10.2 Å². The summed E-state index contributed by atoms with van der Waals surface area (Å²) in [4.78, 5) is 0. The van der Waals surface area contributed by atoms with Crippen molar-refractivity contribution >= 4 is 0 Å². The minimum absolute atomic E-state index is 0.293. The lowest BCUT2D eigenvalue weighted by molar-refractivity contribution is 0.475. The minimum Gasteiger partial charge on any atom is -0.508 e. The Kier molecular flexibility index (Phi) is 5.62. The van der Waals surface area contributed by atoms with Gasteiger partial charge in [0.05, 0.1) is 0 Å². The summed E-state index contributed by atoms with van der Waals surface area (Å²) in [6.07, 6.45) is 3.21. The van der Waals surface area contributed by atoms with Crippen LogP contribution in [0, 0.1) is 0 Å². The zero-order valence-electron chi connectivity index (χ0n) is 16.3. The summed E-state index contributed by atoms with van der Waals surface area (Å²) in [6, 6.07) is 32.0. The average molecular weight is 380 g/mol. The molecule has 0 aromatic heterocycles. The number of phenols is 2. The van der Waals surface area contributed by atoms with Gasteiger partial charge in [-0.05, 0) is 76.9 Å². The van der Waals surface area contributed by atoms with E-state index in [1.165, 1.54) is 22.3 Å². The van der Waals surface area contributed by atoms with Crippen LogP contribution in [0.15, 0.2) is 97.1 Å². The van der Waals surface area contributed by atoms with Crippen molar-refractivity contribution in [1.29, 1.82) is 0 Å². The maximum absolute atomic E-state index is 9.41. The second-order valence-corrected chi connectivity index (χ2v) is 7.34. The monoisotopic (exact) mass is 380 g/mol. The standard InChI is InChI=1S/C27H24O2/c28-26-16-12-24(13-17-26)22-8-4-20(5-9-22)2-1-3-21-6-10-23(11-7-21)25-14-18-27(29)19-15-25/h4-19,28-29H,1-3H2. The fourth-order valence-corrected chi connectivity index (χ4v) is 3.53. The van der Waals surface area contributed by atoms with Crippen LogP contribution in [0.25, 0.3) is 22.3 Å². The van der Waals surface area contributed by atoms with Gasteiger partial charge in [0.2, 0.25) is 0 Å². The van der Waals surface area contributed by atoms with Gasteiger partial charge in [-0.3, -0.25) is 0 Å². The Hall–Kier alpha value is -3.52. The molecule has 4 aromatic carbocycles. The van der Waals surface area contributed by atoms with Gasteiger partial charge in [-0.1, -0.05) is 72.8 Å². The Labute approximate surface area is 171 Å². The lowest BCUT2D eigenvalue weighted by atomic mass is 9.99. The maximum atomic E-state index is 9.41. The first-order valence-electron chi connectivity index (χ1n) is 9.94. The number of benzene rings is 4. The molecule has 29 heavy (non-hydrogen) atoms. The average Bonchev–Trinajstić information content (AvgIpc) is 2.76. The quantitative estimate of drug-likeness (QED) is 0.395. The van der Waals surface area contributed by atoms with E-state index in [1.54, 1.807) is 24.3 Å². The highest BCUT2D eigenvalue weighted by atomic mass is 16.3. The zero-order valence-corrected chi connectivity index (χ0v) is 16.3. The van der Waals surface area contributed by atoms with E-state index in [9.17, 15) is 10.2 Å². The van der Waals surface area contributed by atoms with Crippen molar-refractivity contribution in [2.24, 2.45) is 0 Å². The van der Waals surface area contributed by atoms with Gasteiger partial charge in [-0.25, -0.2) is 0 Å². The number of rotatable bonds is 6. The smallest absolute Gasteiger partial charge is 0.115 e. The number of hydrogen-bond donors (Lipinski definition) is 2. The summed E-state index contributed by atoms with van der Waals surface area (Å²) in [5, 5.41) is 18.8. The summed E-state index contributed by atoms with van der Waals surface area (Å²) < 4.78 is 0. The van der Waals surface area contributed by atoms with Crippen molar-refractivity contribution < 1.29 is 10.2 Å². The lowest BCUT2D eigenvalue weighted by Crippen LogP contribution is -1.91. The Morgan fingerprint density at radius 2 is 0.655 bits per heavy atom. The van der Waals surface area contributed by atoms with Gasteiger partial charge in [0.15, 0.2) is 0 Å². The van der Waals surface area contributed by atoms with E-state index in [4.69, 9.17) is 0 Å². The van der Waals surface area contributed by atoms with Crippen LogP contribution in [0.5, 0.6) is 11.5 Å². The molecule has 4 aromatic rings. The predicted octanol–water partition coefficient (Wildman–Crippen LogP) is 6.61. The molecule has 2 nitrogen and oxygen atoms in total. The molecular weight excluding hydrogens is 356 g/mol. The highest BCUT2D eigenvalue weighted by Gasteiger charge is 2.01. The number of phenolic OH excluding ortho intramolecular Hbond substituents is 2. The molecule has 0 fully saturated rings. The van der Waals surface area contributed by atoms with Crippen LogP contribution in [0.4, 0.5) is 0 Å². The summed E-state index contributed by atoms with van der Waals surface area (Å²) >= 11 is 0. The van der Waals surface area contributed by atoms with E-state index >= 15 is 0 Å². The zero-order chi connectivity index (χ0) is 20.1. The minimum atomic E-state index is 0.293. The molecule has 0 unspecified atom stereocenters. The molecule has 0 radical (unpaired) electrons. The molecule has 4 rings (SSSR count). The van der Waals surface area contributed by atoms with Crippen LogP contribution in [0.1, 0.15) is 17.5 Å². The highest BCUT2D eigenvalue weighted by molar-refractivity contribution is 5.65. The van der Waals surface area contributed by atoms with Gasteiger partial charge in [-0.2, -0.15) is 0 Å². The Bertz CT molecular complexity index is 957. The molecule has 144 valence electrons. The van der Waals surface area contributed by atoms with E-state index in [1.807, 2.05) is 24.3 Å². The lowest BCUT2D eigenvalue weighted by Gasteiger charge is -2.07. The predicted molar refractivity (Wildman–Crippen MR) is 119 cm³/mol. The molecule has 0 amide bonds. The van der Waals surface area contributed by atoms with Gasteiger partial charge in [0.25, 0.3) is 0 Å². The maximum Gasteiger partial charge on any atom is 0.115 e. The second kappa shape index (κ2) is 8.66. The molecule has 0 atom stereocenters. The van der Waals surface area contributed by atoms with Crippen molar-refractivity contribution in [3.05, 3.63) is 108 Å². The Balaban J connectivity index is 1.31.